The summed E-state index contributed by atoms with van der Waals surface area (Å²) < 4.78 is 6.27. The van der Waals surface area contributed by atoms with E-state index in [9.17, 15) is 5.26 Å². The maximum atomic E-state index is 9.50. The summed E-state index contributed by atoms with van der Waals surface area (Å²) in [6.45, 7) is 6.91. The fraction of sp³-hybridized carbons (Fsp3) is 0.0851. The van der Waals surface area contributed by atoms with Crippen LogP contribution in [-0.4, -0.2) is 18.8 Å². The minimum atomic E-state index is -1.60. The molecule has 0 saturated heterocycles. The fourth-order valence-corrected chi connectivity index (χ4v) is 8.50. The van der Waals surface area contributed by atoms with Gasteiger partial charge in [0.2, 0.25) is 0 Å². The third-order valence-corrected chi connectivity index (χ3v) is 11.5. The van der Waals surface area contributed by atoms with E-state index in [1.165, 1.54) is 16.3 Å². The summed E-state index contributed by atoms with van der Waals surface area (Å²) in [6, 6.07) is 57.9. The second kappa shape index (κ2) is 15.1. The van der Waals surface area contributed by atoms with Crippen LogP contribution in [0.2, 0.25) is 19.6 Å². The minimum Gasteiger partial charge on any atom is -0.501 e. The molecular formula is C47H35IrN3OSi-2. The summed E-state index contributed by atoms with van der Waals surface area (Å²) in [4.78, 5) is 9.70. The smallest absolute Gasteiger partial charge is 0.120 e. The van der Waals surface area contributed by atoms with Crippen LogP contribution in [0.1, 0.15) is 28.2 Å². The van der Waals surface area contributed by atoms with Gasteiger partial charge in [-0.1, -0.05) is 122 Å². The van der Waals surface area contributed by atoms with Crippen molar-refractivity contribution in [2.24, 2.45) is 4.99 Å². The van der Waals surface area contributed by atoms with Gasteiger partial charge in [0.05, 0.1) is 31.0 Å². The number of nitriles is 1. The number of rotatable bonds is 5. The fourth-order valence-electron chi connectivity index (χ4n) is 7.03. The van der Waals surface area contributed by atoms with Gasteiger partial charge in [0.25, 0.3) is 0 Å². The van der Waals surface area contributed by atoms with E-state index in [-0.39, 0.29) is 26.0 Å². The molecular weight excluding hydrogens is 843 g/mol. The van der Waals surface area contributed by atoms with Crippen LogP contribution in [0, 0.1) is 23.5 Å². The van der Waals surface area contributed by atoms with Crippen molar-refractivity contribution in [3.63, 3.8) is 0 Å². The summed E-state index contributed by atoms with van der Waals surface area (Å²) in [7, 11) is -1.60. The third-order valence-electron chi connectivity index (χ3n) is 9.52. The van der Waals surface area contributed by atoms with Crippen molar-refractivity contribution in [3.05, 3.63) is 186 Å². The van der Waals surface area contributed by atoms with Gasteiger partial charge in [-0.2, -0.15) is 5.26 Å². The summed E-state index contributed by atoms with van der Waals surface area (Å²) in [5.41, 5.74) is 11.8. The molecule has 3 heterocycles. The first-order valence-electron chi connectivity index (χ1n) is 17.4. The molecule has 53 heavy (non-hydrogen) atoms. The van der Waals surface area contributed by atoms with Crippen LogP contribution in [0.5, 0.6) is 0 Å². The van der Waals surface area contributed by atoms with Crippen molar-refractivity contribution >= 4 is 46.6 Å². The van der Waals surface area contributed by atoms with Gasteiger partial charge in [-0.25, -0.2) is 0 Å². The number of aliphatic imine (C=N–C) groups is 1. The zero-order valence-electron chi connectivity index (χ0n) is 29.6. The van der Waals surface area contributed by atoms with E-state index in [2.05, 4.69) is 103 Å². The van der Waals surface area contributed by atoms with Gasteiger partial charge in [-0.15, -0.1) is 54.1 Å². The Hall–Kier alpha value is -5.70. The Morgan fingerprint density at radius 1 is 0.717 bits per heavy atom. The molecule has 0 spiro atoms. The molecule has 8 aromatic rings. The van der Waals surface area contributed by atoms with Crippen molar-refractivity contribution in [1.82, 2.24) is 4.98 Å². The average Bonchev–Trinajstić information content (AvgIpc) is 3.77. The predicted octanol–water partition coefficient (Wildman–Crippen LogP) is 11.3. The van der Waals surface area contributed by atoms with Gasteiger partial charge in [0, 0.05) is 37.6 Å². The Morgan fingerprint density at radius 3 is 2.25 bits per heavy atom. The summed E-state index contributed by atoms with van der Waals surface area (Å²) in [5.74, 6) is 0.0764. The molecule has 6 aromatic carbocycles. The van der Waals surface area contributed by atoms with E-state index < -0.39 is 8.07 Å². The molecule has 0 N–H and O–H groups in total. The molecule has 9 rings (SSSR count). The molecule has 1 radical (unpaired) electrons. The monoisotopic (exact) mass is 878 g/mol. The number of hydrogen-bond donors (Lipinski definition) is 0. The molecule has 1 aliphatic heterocycles. The van der Waals surface area contributed by atoms with Crippen molar-refractivity contribution in [2.45, 2.75) is 25.6 Å². The largest absolute Gasteiger partial charge is 0.501 e. The number of aromatic nitrogens is 1. The first-order valence-corrected chi connectivity index (χ1v) is 20.9. The van der Waals surface area contributed by atoms with E-state index in [0.717, 1.165) is 61.3 Å². The second-order valence-corrected chi connectivity index (χ2v) is 18.9. The van der Waals surface area contributed by atoms with Crippen LogP contribution in [0.3, 0.4) is 0 Å². The van der Waals surface area contributed by atoms with E-state index in [4.69, 9.17) is 9.41 Å². The van der Waals surface area contributed by atoms with Crippen LogP contribution >= 0.6 is 0 Å². The molecule has 0 saturated carbocycles. The molecule has 1 aliphatic rings. The molecule has 0 fully saturated rings. The first-order chi connectivity index (χ1) is 25.4. The maximum Gasteiger partial charge on any atom is 0.120 e. The molecule has 259 valence electrons. The normalized spacial score (nSPS) is 13.3. The molecule has 1 atom stereocenters. The number of fused-ring (bicyclic) bond motifs is 4. The Bertz CT molecular complexity index is 2640. The average molecular weight is 878 g/mol. The Balaban J connectivity index is 0.000000163. The van der Waals surface area contributed by atoms with E-state index >= 15 is 0 Å². The van der Waals surface area contributed by atoms with Crippen LogP contribution in [-0.2, 0) is 20.1 Å². The topological polar surface area (TPSA) is 62.2 Å². The van der Waals surface area contributed by atoms with E-state index in [1.807, 2.05) is 91.1 Å². The van der Waals surface area contributed by atoms with Crippen LogP contribution in [0.25, 0.3) is 44.3 Å². The van der Waals surface area contributed by atoms with Gasteiger partial charge in [-0.3, -0.25) is 4.99 Å². The Morgan fingerprint density at radius 2 is 1.45 bits per heavy atom. The molecule has 0 bridgehead atoms. The summed E-state index contributed by atoms with van der Waals surface area (Å²) >= 11 is 0. The van der Waals surface area contributed by atoms with Crippen molar-refractivity contribution in [3.8, 4) is 28.5 Å². The van der Waals surface area contributed by atoms with Crippen molar-refractivity contribution in [1.29, 1.82) is 5.26 Å². The number of benzene rings is 6. The summed E-state index contributed by atoms with van der Waals surface area (Å²) in [5, 5.41) is 13.0. The van der Waals surface area contributed by atoms with Crippen LogP contribution in [0.15, 0.2) is 161 Å². The van der Waals surface area contributed by atoms with Gasteiger partial charge >= 0.3 is 0 Å². The van der Waals surface area contributed by atoms with Crippen LogP contribution in [0.4, 0.5) is 5.69 Å². The predicted molar refractivity (Wildman–Crippen MR) is 215 cm³/mol. The molecule has 0 amide bonds. The minimum absolute atomic E-state index is 0. The molecule has 4 nitrogen and oxygen atoms in total. The number of hydrogen-bond acceptors (Lipinski definition) is 4. The maximum absolute atomic E-state index is 9.50. The number of furan rings is 1. The van der Waals surface area contributed by atoms with Crippen molar-refractivity contribution in [2.75, 3.05) is 0 Å². The summed E-state index contributed by atoms with van der Waals surface area (Å²) in [6.07, 6.45) is 1.99. The second-order valence-electron chi connectivity index (χ2n) is 13.9. The Labute approximate surface area is 324 Å². The van der Waals surface area contributed by atoms with Crippen molar-refractivity contribution < 1.29 is 24.5 Å². The molecule has 0 aliphatic carbocycles. The Kier molecular flexibility index (Phi) is 10.2. The quantitative estimate of drug-likeness (QED) is 0.128. The molecule has 6 heteroatoms. The molecule has 2 aromatic heterocycles. The van der Waals surface area contributed by atoms with E-state index in [1.54, 1.807) is 0 Å². The van der Waals surface area contributed by atoms with Gasteiger partial charge in [0.1, 0.15) is 5.58 Å². The SMILES string of the molecule is C[Si](C)(C)c1cnc(-c2[c-]cccc2)cc1-c1ccccc1C#N.[Ir].[c-]1ccc2c(oc3ccccc32)c1C1=Nc2ccccc2C1c1ccccc1. The van der Waals surface area contributed by atoms with E-state index in [0.29, 0.717) is 5.56 Å². The molecule has 1 unspecified atom stereocenters. The number of nitrogens with zero attached hydrogens (tertiary/aromatic N) is 3. The number of pyridine rings is 1. The zero-order valence-corrected chi connectivity index (χ0v) is 33.0. The van der Waals surface area contributed by atoms with Gasteiger partial charge in [-0.05, 0) is 57.0 Å². The standard InChI is InChI=1S/C26H16NO.C21H19N2Si.Ir/c1-2-9-17(10-3-1)24-20-12-4-6-15-22(20)27-25(24)21-14-8-13-19-18-11-5-7-16-23(18)28-26(19)21;1-24(2,3)21-15-23-20(16-9-5-4-6-10-16)13-19(21)18-12-8-7-11-17(18)14-22;/h1-13,15-16,24H;4-9,11-13,15H,1-3H3;/q2*-1;. The third kappa shape index (κ3) is 6.95. The van der Waals surface area contributed by atoms with Gasteiger partial charge in [0.15, 0.2) is 0 Å². The first kappa shape index (κ1) is 35.7. The van der Waals surface area contributed by atoms with Gasteiger partial charge < -0.3 is 9.40 Å². The number of para-hydroxylation sites is 2. The van der Waals surface area contributed by atoms with Crippen LogP contribution < -0.4 is 5.19 Å². The zero-order chi connectivity index (χ0) is 35.7.